The number of hydrogen-bond acceptors (Lipinski definition) is 4. The van der Waals surface area contributed by atoms with Crippen molar-refractivity contribution in [2.24, 2.45) is 56.7 Å². The molecule has 5 nitrogen and oxygen atoms in total. The van der Waals surface area contributed by atoms with Crippen molar-refractivity contribution in [3.8, 4) is 0 Å². The van der Waals surface area contributed by atoms with Crippen molar-refractivity contribution in [2.75, 3.05) is 6.54 Å². The number of aliphatic hydroxyl groups is 3. The first-order valence-electron chi connectivity index (χ1n) is 15.7. The fourth-order valence-corrected chi connectivity index (χ4v) is 12.5. The third-order valence-corrected chi connectivity index (χ3v) is 14.8. The Hall–Kier alpha value is -0.910. The van der Waals surface area contributed by atoms with Gasteiger partial charge in [-0.1, -0.05) is 46.8 Å². The smallest absolute Gasteiger partial charge is 0.231 e. The molecule has 1 aliphatic heterocycles. The predicted octanol–water partition coefficient (Wildman–Crippen LogP) is 5.53. The number of carbonyl (C=O) groups is 1. The van der Waals surface area contributed by atoms with Crippen LogP contribution < -0.4 is 0 Å². The Kier molecular flexibility index (Phi) is 5.97. The summed E-state index contributed by atoms with van der Waals surface area (Å²) in [6, 6.07) is 0. The molecule has 0 aromatic carbocycles. The minimum atomic E-state index is -1.05. The van der Waals surface area contributed by atoms with Crippen LogP contribution in [0.15, 0.2) is 12.2 Å². The third-order valence-electron chi connectivity index (χ3n) is 14.8. The summed E-state index contributed by atoms with van der Waals surface area (Å²) in [7, 11) is 0. The van der Waals surface area contributed by atoms with Crippen molar-refractivity contribution >= 4 is 5.91 Å². The largest absolute Gasteiger partial charge is 0.393 e. The highest BCUT2D eigenvalue weighted by Crippen LogP contribution is 2.77. The van der Waals surface area contributed by atoms with Crippen LogP contribution >= 0.6 is 0 Å². The molecule has 38 heavy (non-hydrogen) atoms. The normalized spacial score (nSPS) is 55.1. The van der Waals surface area contributed by atoms with Gasteiger partial charge in [0.25, 0.3) is 0 Å². The van der Waals surface area contributed by atoms with Gasteiger partial charge in [-0.15, -0.1) is 0 Å². The lowest BCUT2D eigenvalue weighted by atomic mass is 9.32. The number of fused-ring (bicyclic) bond motifs is 7. The summed E-state index contributed by atoms with van der Waals surface area (Å²) in [5.74, 6) is 2.37. The van der Waals surface area contributed by atoms with Crippen LogP contribution in [-0.2, 0) is 4.79 Å². The first-order chi connectivity index (χ1) is 17.6. The van der Waals surface area contributed by atoms with Gasteiger partial charge in [-0.3, -0.25) is 4.79 Å². The minimum Gasteiger partial charge on any atom is -0.393 e. The molecule has 1 saturated heterocycles. The molecule has 0 spiro atoms. The highest BCUT2D eigenvalue weighted by molar-refractivity contribution is 5.85. The van der Waals surface area contributed by atoms with Crippen molar-refractivity contribution in [2.45, 2.75) is 124 Å². The van der Waals surface area contributed by atoms with E-state index in [1.54, 1.807) is 4.90 Å². The molecule has 6 rings (SSSR count). The fraction of sp³-hybridized carbons (Fsp3) is 0.909. The van der Waals surface area contributed by atoms with Gasteiger partial charge in [0.15, 0.2) is 6.23 Å². The first-order valence-corrected chi connectivity index (χ1v) is 15.7. The lowest BCUT2D eigenvalue weighted by Gasteiger charge is -2.73. The van der Waals surface area contributed by atoms with Gasteiger partial charge in [0.2, 0.25) is 5.91 Å². The molecule has 2 unspecified atom stereocenters. The van der Waals surface area contributed by atoms with E-state index in [1.807, 2.05) is 0 Å². The Labute approximate surface area is 230 Å². The molecule has 5 aliphatic carbocycles. The maximum atomic E-state index is 14.2. The molecule has 3 N–H and O–H groups in total. The van der Waals surface area contributed by atoms with Crippen molar-refractivity contribution in [1.82, 2.24) is 4.90 Å². The molecule has 12 atom stereocenters. The van der Waals surface area contributed by atoms with E-state index < -0.39 is 17.7 Å². The summed E-state index contributed by atoms with van der Waals surface area (Å²) in [6.45, 7) is 19.2. The van der Waals surface area contributed by atoms with Crippen LogP contribution in [-0.4, -0.2) is 51.1 Å². The Balaban J connectivity index is 1.38. The monoisotopic (exact) mass is 527 g/mol. The molecule has 5 saturated carbocycles. The molecule has 1 amide bonds. The third kappa shape index (κ3) is 3.13. The van der Waals surface area contributed by atoms with E-state index in [1.165, 1.54) is 24.8 Å². The number of likely N-dealkylation sites (tertiary alicyclic amines) is 1. The molecule has 6 aliphatic rings. The van der Waals surface area contributed by atoms with E-state index in [4.69, 9.17) is 0 Å². The average molecular weight is 528 g/mol. The van der Waals surface area contributed by atoms with Crippen LogP contribution in [0.4, 0.5) is 0 Å². The number of allylic oxidation sites excluding steroid dienone is 1. The zero-order chi connectivity index (χ0) is 27.6. The summed E-state index contributed by atoms with van der Waals surface area (Å²) in [5, 5.41) is 31.4. The molecule has 6 fully saturated rings. The average Bonchev–Trinajstić information content (AvgIpc) is 3.26. The molecule has 0 radical (unpaired) electrons. The van der Waals surface area contributed by atoms with Crippen LogP contribution in [0.25, 0.3) is 0 Å². The van der Waals surface area contributed by atoms with Gasteiger partial charge in [-0.05, 0) is 122 Å². The van der Waals surface area contributed by atoms with E-state index in [2.05, 4.69) is 48.1 Å². The van der Waals surface area contributed by atoms with Gasteiger partial charge in [0, 0.05) is 0 Å². The summed E-state index contributed by atoms with van der Waals surface area (Å²) >= 11 is 0. The summed E-state index contributed by atoms with van der Waals surface area (Å²) in [4.78, 5) is 15.8. The molecule has 0 bridgehead atoms. The topological polar surface area (TPSA) is 81.0 Å². The maximum Gasteiger partial charge on any atom is 0.231 e. The first kappa shape index (κ1) is 27.3. The van der Waals surface area contributed by atoms with Gasteiger partial charge in [-0.2, -0.15) is 0 Å². The highest BCUT2D eigenvalue weighted by Gasteiger charge is 2.72. The van der Waals surface area contributed by atoms with Crippen LogP contribution in [0.1, 0.15) is 106 Å². The summed E-state index contributed by atoms with van der Waals surface area (Å²) in [6.07, 6.45) is 8.58. The molecule has 214 valence electrons. The molecular weight excluding hydrogens is 474 g/mol. The molecule has 0 aromatic rings. The summed E-state index contributed by atoms with van der Waals surface area (Å²) in [5.41, 5.74) is 1.35. The molecular formula is C33H53NO4. The number of hydrogen-bond donors (Lipinski definition) is 3. The van der Waals surface area contributed by atoms with E-state index in [-0.39, 0.29) is 46.1 Å². The highest BCUT2D eigenvalue weighted by atomic mass is 16.4. The van der Waals surface area contributed by atoms with Crippen LogP contribution in [0, 0.1) is 56.7 Å². The van der Waals surface area contributed by atoms with Crippen molar-refractivity contribution in [3.63, 3.8) is 0 Å². The Morgan fingerprint density at radius 1 is 0.816 bits per heavy atom. The fourth-order valence-electron chi connectivity index (χ4n) is 12.5. The van der Waals surface area contributed by atoms with Crippen LogP contribution in [0.2, 0.25) is 0 Å². The second kappa shape index (κ2) is 8.32. The van der Waals surface area contributed by atoms with Gasteiger partial charge in [0.1, 0.15) is 6.10 Å². The molecule has 1 heterocycles. The van der Waals surface area contributed by atoms with E-state index in [9.17, 15) is 20.1 Å². The van der Waals surface area contributed by atoms with Crippen molar-refractivity contribution in [3.05, 3.63) is 12.2 Å². The molecule has 0 aromatic heterocycles. The van der Waals surface area contributed by atoms with Crippen molar-refractivity contribution < 1.29 is 20.1 Å². The second-order valence-electron chi connectivity index (χ2n) is 16.2. The van der Waals surface area contributed by atoms with Gasteiger partial charge >= 0.3 is 0 Å². The number of amides is 1. The van der Waals surface area contributed by atoms with Gasteiger partial charge in [0.05, 0.1) is 18.1 Å². The zero-order valence-electron chi connectivity index (χ0n) is 24.8. The number of β-amino-alcohol motifs (C(OH)–C–C–N with tert-alkyl or cyclic N) is 1. The lowest BCUT2D eigenvalue weighted by Crippen LogP contribution is -2.69. The van der Waals surface area contributed by atoms with Crippen LogP contribution in [0.5, 0.6) is 0 Å². The van der Waals surface area contributed by atoms with Gasteiger partial charge in [-0.25, -0.2) is 0 Å². The Bertz CT molecular complexity index is 1020. The SMILES string of the molecule is C=C(C)[C@@H]1CC[C@]2(C(=O)N3CC(O)C3O)CC[C@]3(C)[C@H](CC[C@@H]4[C@@]5(C)CC[C@H](O)C(C)(C)[C@@H]5CC[C@]43C)[C@@H]12. The lowest BCUT2D eigenvalue weighted by molar-refractivity contribution is -0.250. The zero-order valence-corrected chi connectivity index (χ0v) is 24.8. The Morgan fingerprint density at radius 3 is 2.16 bits per heavy atom. The summed E-state index contributed by atoms with van der Waals surface area (Å²) < 4.78 is 0. The minimum absolute atomic E-state index is 0.0423. The van der Waals surface area contributed by atoms with E-state index in [0.717, 1.165) is 44.9 Å². The Morgan fingerprint density at radius 2 is 1.53 bits per heavy atom. The maximum absolute atomic E-state index is 14.2. The standard InChI is InChI=1S/C33H53NO4/c1-19(2)20-10-15-33(28(38)34-18-22(35)27(34)37)17-16-31(6)21(26(20)33)8-9-24-30(5)13-12-25(36)29(3,4)23(30)11-14-32(24,31)7/h20-27,35-37H,1,8-18H2,2-7H3/t20-,21+,22?,23-,24+,25-,26+,27?,30-,31+,32+,33-/m0/s1. The quantitative estimate of drug-likeness (QED) is 0.413. The van der Waals surface area contributed by atoms with E-state index in [0.29, 0.717) is 23.7 Å². The molecule has 5 heteroatoms. The second-order valence-corrected chi connectivity index (χ2v) is 16.2. The predicted molar refractivity (Wildman–Crippen MR) is 149 cm³/mol. The van der Waals surface area contributed by atoms with Gasteiger partial charge < -0.3 is 20.2 Å². The van der Waals surface area contributed by atoms with Crippen LogP contribution in [0.3, 0.4) is 0 Å². The van der Waals surface area contributed by atoms with E-state index >= 15 is 0 Å². The number of nitrogens with zero attached hydrogens (tertiary/aromatic N) is 1. The van der Waals surface area contributed by atoms with Crippen molar-refractivity contribution in [1.29, 1.82) is 0 Å². The number of aliphatic hydroxyl groups excluding tert-OH is 3. The number of carbonyl (C=O) groups excluding carboxylic acids is 1. The number of rotatable bonds is 2.